The molecule has 1 aromatic carbocycles. The first kappa shape index (κ1) is 18.3. The summed E-state index contributed by atoms with van der Waals surface area (Å²) in [6, 6.07) is 12.7. The SMILES string of the molecule is O=C(c1ncc2c(F)cccn12)N1CCC(O)(c2ccccc2)[C@H]2CCCC[C@H]21. The standard InChI is InChI=1S/C23H24FN3O2/c24-18-10-6-13-26-20(18)15-25-21(26)22(28)27-14-12-23(29,16-7-2-1-3-8-16)17-9-4-5-11-19(17)27/h1-3,6-8,10,13,15,17,19,29H,4-5,9,11-12,14H2/t17-,19+,23?/m0/s1. The molecule has 1 saturated carbocycles. The van der Waals surface area contributed by atoms with Gasteiger partial charge in [-0.05, 0) is 37.0 Å². The second-order valence-corrected chi connectivity index (χ2v) is 8.19. The number of rotatable bonds is 2. The van der Waals surface area contributed by atoms with E-state index >= 15 is 0 Å². The third-order valence-corrected chi connectivity index (χ3v) is 6.72. The molecule has 5 rings (SSSR count). The lowest BCUT2D eigenvalue weighted by Gasteiger charge is -2.52. The monoisotopic (exact) mass is 393 g/mol. The van der Waals surface area contributed by atoms with Gasteiger partial charge in [-0.15, -0.1) is 0 Å². The molecular weight excluding hydrogens is 369 g/mol. The average Bonchev–Trinajstić information content (AvgIpc) is 3.20. The van der Waals surface area contributed by atoms with E-state index in [1.54, 1.807) is 12.3 Å². The first-order valence-corrected chi connectivity index (χ1v) is 10.3. The van der Waals surface area contributed by atoms with Gasteiger partial charge in [0.1, 0.15) is 11.3 Å². The van der Waals surface area contributed by atoms with E-state index < -0.39 is 11.4 Å². The van der Waals surface area contributed by atoms with Crippen LogP contribution in [0.25, 0.3) is 5.52 Å². The van der Waals surface area contributed by atoms with Crippen LogP contribution in [0.5, 0.6) is 0 Å². The summed E-state index contributed by atoms with van der Waals surface area (Å²) in [7, 11) is 0. The van der Waals surface area contributed by atoms with Crippen LogP contribution in [0.4, 0.5) is 4.39 Å². The molecule has 1 unspecified atom stereocenters. The fourth-order valence-corrected chi connectivity index (χ4v) is 5.29. The summed E-state index contributed by atoms with van der Waals surface area (Å²) in [6.07, 6.45) is 7.40. The lowest BCUT2D eigenvalue weighted by Crippen LogP contribution is -2.59. The molecule has 2 aliphatic rings. The highest BCUT2D eigenvalue weighted by Gasteiger charge is 2.50. The second kappa shape index (κ2) is 6.95. The molecule has 2 fully saturated rings. The Hall–Kier alpha value is -2.73. The van der Waals surface area contributed by atoms with Crippen LogP contribution in [0.2, 0.25) is 0 Å². The zero-order chi connectivity index (χ0) is 20.0. The first-order valence-electron chi connectivity index (χ1n) is 10.3. The van der Waals surface area contributed by atoms with E-state index in [2.05, 4.69) is 4.98 Å². The maximum Gasteiger partial charge on any atom is 0.290 e. The number of imidazole rings is 1. The predicted molar refractivity (Wildman–Crippen MR) is 107 cm³/mol. The number of piperidine rings is 1. The van der Waals surface area contributed by atoms with Crippen molar-refractivity contribution in [1.82, 2.24) is 14.3 Å². The predicted octanol–water partition coefficient (Wildman–Crippen LogP) is 3.77. The summed E-state index contributed by atoms with van der Waals surface area (Å²) in [5.74, 6) is -0.373. The van der Waals surface area contributed by atoms with Crippen LogP contribution in [-0.2, 0) is 5.60 Å². The van der Waals surface area contributed by atoms with Crippen molar-refractivity contribution in [1.29, 1.82) is 0 Å². The van der Waals surface area contributed by atoms with E-state index in [9.17, 15) is 14.3 Å². The minimum absolute atomic E-state index is 0.0145. The molecule has 29 heavy (non-hydrogen) atoms. The van der Waals surface area contributed by atoms with E-state index in [-0.39, 0.29) is 23.7 Å². The molecule has 1 saturated heterocycles. The lowest BCUT2D eigenvalue weighted by atomic mass is 9.66. The summed E-state index contributed by atoms with van der Waals surface area (Å²) < 4.78 is 15.6. The Balaban J connectivity index is 1.50. The highest BCUT2D eigenvalue weighted by Crippen LogP contribution is 2.47. The second-order valence-electron chi connectivity index (χ2n) is 8.19. The fraction of sp³-hybridized carbons (Fsp3) is 0.391. The molecule has 6 heteroatoms. The summed E-state index contributed by atoms with van der Waals surface area (Å²) in [5.41, 5.74) is 0.301. The summed E-state index contributed by atoms with van der Waals surface area (Å²) >= 11 is 0. The molecule has 150 valence electrons. The number of carbonyl (C=O) groups is 1. The molecule has 1 N–H and O–H groups in total. The molecule has 3 atom stereocenters. The number of halogens is 1. The van der Waals surface area contributed by atoms with Crippen molar-refractivity contribution in [2.75, 3.05) is 6.54 Å². The molecule has 3 heterocycles. The largest absolute Gasteiger partial charge is 0.385 e. The number of nitrogens with zero attached hydrogens (tertiary/aromatic N) is 3. The van der Waals surface area contributed by atoms with Crippen LogP contribution in [0, 0.1) is 11.7 Å². The summed E-state index contributed by atoms with van der Waals surface area (Å²) in [5, 5.41) is 11.7. The van der Waals surface area contributed by atoms with Gasteiger partial charge in [-0.1, -0.05) is 43.2 Å². The van der Waals surface area contributed by atoms with Crippen LogP contribution >= 0.6 is 0 Å². The van der Waals surface area contributed by atoms with Crippen LogP contribution in [0.1, 0.15) is 48.3 Å². The number of benzene rings is 1. The van der Waals surface area contributed by atoms with Gasteiger partial charge >= 0.3 is 0 Å². The number of aliphatic hydroxyl groups is 1. The van der Waals surface area contributed by atoms with E-state index in [4.69, 9.17) is 0 Å². The Bertz CT molecular complexity index is 1050. The maximum absolute atomic E-state index is 14.0. The van der Waals surface area contributed by atoms with Crippen LogP contribution in [0.15, 0.2) is 54.9 Å². The molecule has 0 spiro atoms. The summed E-state index contributed by atoms with van der Waals surface area (Å²) in [6.45, 7) is 0.454. The minimum Gasteiger partial charge on any atom is -0.385 e. The van der Waals surface area contributed by atoms with E-state index in [1.165, 1.54) is 16.7 Å². The van der Waals surface area contributed by atoms with Crippen molar-refractivity contribution in [3.63, 3.8) is 0 Å². The van der Waals surface area contributed by atoms with Gasteiger partial charge < -0.3 is 10.0 Å². The van der Waals surface area contributed by atoms with Crippen molar-refractivity contribution < 1.29 is 14.3 Å². The fourth-order valence-electron chi connectivity index (χ4n) is 5.29. The lowest BCUT2D eigenvalue weighted by molar-refractivity contribution is -0.110. The number of hydrogen-bond donors (Lipinski definition) is 1. The van der Waals surface area contributed by atoms with Crippen molar-refractivity contribution in [2.45, 2.75) is 43.7 Å². The normalized spacial score (nSPS) is 27.0. The zero-order valence-corrected chi connectivity index (χ0v) is 16.2. The maximum atomic E-state index is 14.0. The number of hydrogen-bond acceptors (Lipinski definition) is 3. The Morgan fingerprint density at radius 3 is 2.76 bits per heavy atom. The Kier molecular flexibility index (Phi) is 4.39. The quantitative estimate of drug-likeness (QED) is 0.721. The molecule has 1 aliphatic heterocycles. The molecule has 0 radical (unpaired) electrons. The molecule has 0 bridgehead atoms. The third kappa shape index (κ3) is 2.85. The van der Waals surface area contributed by atoms with Crippen LogP contribution in [-0.4, -0.2) is 37.9 Å². The molecule has 2 aromatic heterocycles. The first-order chi connectivity index (χ1) is 14.1. The molecule has 3 aromatic rings. The number of fused-ring (bicyclic) bond motifs is 2. The van der Waals surface area contributed by atoms with Crippen LogP contribution < -0.4 is 0 Å². The van der Waals surface area contributed by atoms with E-state index in [0.717, 1.165) is 31.2 Å². The van der Waals surface area contributed by atoms with Gasteiger partial charge in [-0.25, -0.2) is 9.37 Å². The summed E-state index contributed by atoms with van der Waals surface area (Å²) in [4.78, 5) is 19.5. The van der Waals surface area contributed by atoms with Crippen LogP contribution in [0.3, 0.4) is 0 Å². The number of pyridine rings is 1. The van der Waals surface area contributed by atoms with Gasteiger partial charge in [0.05, 0.1) is 11.8 Å². The van der Waals surface area contributed by atoms with Gasteiger partial charge in [-0.3, -0.25) is 9.20 Å². The van der Waals surface area contributed by atoms with Crippen molar-refractivity contribution >= 4 is 11.4 Å². The Labute approximate surface area is 168 Å². The third-order valence-electron chi connectivity index (χ3n) is 6.72. The van der Waals surface area contributed by atoms with Gasteiger partial charge in [0.15, 0.2) is 0 Å². The van der Waals surface area contributed by atoms with Gasteiger partial charge in [-0.2, -0.15) is 0 Å². The Morgan fingerprint density at radius 1 is 1.14 bits per heavy atom. The van der Waals surface area contributed by atoms with E-state index in [0.29, 0.717) is 18.5 Å². The zero-order valence-electron chi connectivity index (χ0n) is 16.2. The van der Waals surface area contributed by atoms with Gasteiger partial charge in [0.2, 0.25) is 5.82 Å². The van der Waals surface area contributed by atoms with Gasteiger partial charge in [0, 0.05) is 24.7 Å². The van der Waals surface area contributed by atoms with Crippen molar-refractivity contribution in [3.8, 4) is 0 Å². The van der Waals surface area contributed by atoms with E-state index in [1.807, 2.05) is 35.2 Å². The number of likely N-dealkylation sites (tertiary alicyclic amines) is 1. The number of aromatic nitrogens is 2. The molecular formula is C23H24FN3O2. The van der Waals surface area contributed by atoms with Crippen molar-refractivity contribution in [3.05, 3.63) is 72.1 Å². The molecule has 1 amide bonds. The topological polar surface area (TPSA) is 57.8 Å². The number of carbonyl (C=O) groups excluding carboxylic acids is 1. The smallest absolute Gasteiger partial charge is 0.290 e. The minimum atomic E-state index is -0.927. The highest BCUT2D eigenvalue weighted by molar-refractivity contribution is 5.92. The van der Waals surface area contributed by atoms with Crippen molar-refractivity contribution in [2.24, 2.45) is 5.92 Å². The molecule has 5 nitrogen and oxygen atoms in total. The highest BCUT2D eigenvalue weighted by atomic mass is 19.1. The van der Waals surface area contributed by atoms with Gasteiger partial charge in [0.25, 0.3) is 5.91 Å². The number of amides is 1. The molecule has 1 aliphatic carbocycles. The average molecular weight is 393 g/mol. The Morgan fingerprint density at radius 2 is 1.93 bits per heavy atom.